The average Bonchev–Trinajstić information content (AvgIpc) is 2.69. The van der Waals surface area contributed by atoms with E-state index in [-0.39, 0.29) is 0 Å². The number of aromatic nitrogens is 1. The van der Waals surface area contributed by atoms with Crippen LogP contribution in [0.15, 0.2) is 59.8 Å². The van der Waals surface area contributed by atoms with Crippen molar-refractivity contribution >= 4 is 16.6 Å². The molecule has 1 aliphatic rings. The van der Waals surface area contributed by atoms with Gasteiger partial charge in [-0.1, -0.05) is 49.3 Å². The van der Waals surface area contributed by atoms with Gasteiger partial charge in [0.05, 0.1) is 5.56 Å². The number of pyridine rings is 1. The van der Waals surface area contributed by atoms with E-state index in [2.05, 4.69) is 41.0 Å². The zero-order valence-corrected chi connectivity index (χ0v) is 17.2. The van der Waals surface area contributed by atoms with Crippen LogP contribution in [0.2, 0.25) is 0 Å². The van der Waals surface area contributed by atoms with Gasteiger partial charge < -0.3 is 14.8 Å². The summed E-state index contributed by atoms with van der Waals surface area (Å²) in [6.07, 6.45) is 1.18. The molecule has 3 aromatic rings. The lowest BCUT2D eigenvalue weighted by molar-refractivity contribution is 0.204. The number of piperidine rings is 1. The molecule has 0 radical (unpaired) electrons. The van der Waals surface area contributed by atoms with Crippen LogP contribution in [0.25, 0.3) is 10.8 Å². The highest BCUT2D eigenvalue weighted by atomic mass is 16.5. The Morgan fingerprint density at radius 1 is 1.03 bits per heavy atom. The number of hydrogen-bond acceptors (Lipinski definition) is 4. The van der Waals surface area contributed by atoms with Crippen molar-refractivity contribution in [3.8, 4) is 11.6 Å². The molecule has 2 aromatic carbocycles. The van der Waals surface area contributed by atoms with Gasteiger partial charge >= 0.3 is 0 Å². The number of aryl methyl sites for hydroxylation is 1. The lowest BCUT2D eigenvalue weighted by atomic mass is 9.91. The van der Waals surface area contributed by atoms with Crippen LogP contribution < -0.4 is 4.74 Å². The maximum absolute atomic E-state index is 9.87. The maximum Gasteiger partial charge on any atom is 0.230 e. The van der Waals surface area contributed by atoms with Gasteiger partial charge in [0.15, 0.2) is 5.84 Å². The van der Waals surface area contributed by atoms with Crippen LogP contribution in [0.1, 0.15) is 31.5 Å². The van der Waals surface area contributed by atoms with Gasteiger partial charge in [-0.15, -0.1) is 0 Å². The maximum atomic E-state index is 9.87. The fraction of sp³-hybridized carbons (Fsp3) is 0.333. The van der Waals surface area contributed by atoms with Crippen LogP contribution >= 0.6 is 0 Å². The predicted octanol–water partition coefficient (Wildman–Crippen LogP) is 5.45. The zero-order chi connectivity index (χ0) is 20.4. The lowest BCUT2D eigenvalue weighted by Gasteiger charge is -2.36. The zero-order valence-electron chi connectivity index (χ0n) is 17.2. The summed E-state index contributed by atoms with van der Waals surface area (Å²) in [5, 5.41) is 15.8. The SMILES string of the molecule is Cc1ccc(/C(=N/O)N2CC(C)CC(C)C2)c(Oc2ccc3ccccc3c2)n1. The van der Waals surface area contributed by atoms with E-state index in [1.165, 1.54) is 6.42 Å². The van der Waals surface area contributed by atoms with Gasteiger partial charge in [-0.2, -0.15) is 0 Å². The Morgan fingerprint density at radius 3 is 2.48 bits per heavy atom. The summed E-state index contributed by atoms with van der Waals surface area (Å²) in [5.41, 5.74) is 1.55. The van der Waals surface area contributed by atoms with Gasteiger partial charge in [0.2, 0.25) is 5.88 Å². The highest BCUT2D eigenvalue weighted by Gasteiger charge is 2.27. The van der Waals surface area contributed by atoms with Crippen LogP contribution in [0.5, 0.6) is 11.6 Å². The van der Waals surface area contributed by atoms with E-state index in [1.54, 1.807) is 0 Å². The number of rotatable bonds is 3. The Bertz CT molecular complexity index is 1040. The second-order valence-corrected chi connectivity index (χ2v) is 8.19. The fourth-order valence-corrected chi connectivity index (χ4v) is 4.25. The molecule has 2 heterocycles. The summed E-state index contributed by atoms with van der Waals surface area (Å²) in [7, 11) is 0. The quantitative estimate of drug-likeness (QED) is 0.280. The van der Waals surface area contributed by atoms with E-state index in [9.17, 15) is 5.21 Å². The van der Waals surface area contributed by atoms with Crippen molar-refractivity contribution in [2.24, 2.45) is 17.0 Å². The molecular formula is C24H27N3O2. The first-order chi connectivity index (χ1) is 14.0. The van der Waals surface area contributed by atoms with Crippen molar-refractivity contribution in [3.05, 3.63) is 65.9 Å². The highest BCUT2D eigenvalue weighted by Crippen LogP contribution is 2.30. The van der Waals surface area contributed by atoms with E-state index < -0.39 is 0 Å². The Hall–Kier alpha value is -3.08. The van der Waals surface area contributed by atoms with Crippen LogP contribution in [0.4, 0.5) is 0 Å². The monoisotopic (exact) mass is 389 g/mol. The van der Waals surface area contributed by atoms with Crippen LogP contribution in [-0.4, -0.2) is 34.0 Å². The standard InChI is InChI=1S/C24H27N3O2/c1-16-12-17(2)15-27(14-16)23(26-28)22-11-8-18(3)25-24(22)29-21-10-9-19-6-4-5-7-20(19)13-21/h4-11,13,16-17,28H,12,14-15H2,1-3H3/b26-23-. The van der Waals surface area contributed by atoms with Crippen LogP contribution in [0, 0.1) is 18.8 Å². The molecule has 2 atom stereocenters. The third-order valence-corrected chi connectivity index (χ3v) is 5.44. The van der Waals surface area contributed by atoms with Gasteiger partial charge in [0, 0.05) is 18.8 Å². The first-order valence-corrected chi connectivity index (χ1v) is 10.1. The second kappa shape index (κ2) is 8.11. The van der Waals surface area contributed by atoms with E-state index in [4.69, 9.17) is 4.74 Å². The molecule has 29 heavy (non-hydrogen) atoms. The molecule has 0 spiro atoms. The molecule has 4 rings (SSSR count). The number of likely N-dealkylation sites (tertiary alicyclic amines) is 1. The van der Waals surface area contributed by atoms with Crippen LogP contribution in [0.3, 0.4) is 0 Å². The Labute approximate surface area is 171 Å². The molecule has 1 aromatic heterocycles. The summed E-state index contributed by atoms with van der Waals surface area (Å²) in [6, 6.07) is 18.0. The topological polar surface area (TPSA) is 58.0 Å². The first kappa shape index (κ1) is 19.2. The van der Waals surface area contributed by atoms with Crippen molar-refractivity contribution in [1.82, 2.24) is 9.88 Å². The number of oxime groups is 1. The molecule has 1 aliphatic heterocycles. The highest BCUT2D eigenvalue weighted by molar-refractivity contribution is 6.00. The van der Waals surface area contributed by atoms with E-state index in [0.29, 0.717) is 34.9 Å². The largest absolute Gasteiger partial charge is 0.438 e. The Morgan fingerprint density at radius 2 is 1.76 bits per heavy atom. The Balaban J connectivity index is 1.69. The number of nitrogens with zero attached hydrogens (tertiary/aromatic N) is 3. The van der Waals surface area contributed by atoms with Gasteiger partial charge in [0.1, 0.15) is 5.75 Å². The summed E-state index contributed by atoms with van der Waals surface area (Å²) < 4.78 is 6.20. The lowest BCUT2D eigenvalue weighted by Crippen LogP contribution is -2.43. The normalized spacial score (nSPS) is 20.1. The first-order valence-electron chi connectivity index (χ1n) is 10.1. The minimum Gasteiger partial charge on any atom is -0.438 e. The summed E-state index contributed by atoms with van der Waals surface area (Å²) in [5.74, 6) is 2.77. The van der Waals surface area contributed by atoms with Crippen molar-refractivity contribution in [2.45, 2.75) is 27.2 Å². The van der Waals surface area contributed by atoms with E-state index >= 15 is 0 Å². The predicted molar refractivity (Wildman–Crippen MR) is 116 cm³/mol. The molecule has 0 aliphatic carbocycles. The average molecular weight is 389 g/mol. The van der Waals surface area contributed by atoms with E-state index in [0.717, 1.165) is 29.6 Å². The third-order valence-electron chi connectivity index (χ3n) is 5.44. The van der Waals surface area contributed by atoms with Gasteiger partial charge in [-0.05, 0) is 60.2 Å². The molecule has 5 heteroatoms. The third kappa shape index (κ3) is 4.19. The molecule has 2 unspecified atom stereocenters. The smallest absolute Gasteiger partial charge is 0.230 e. The fourth-order valence-electron chi connectivity index (χ4n) is 4.25. The minimum absolute atomic E-state index is 0.457. The molecule has 0 saturated carbocycles. The molecule has 150 valence electrons. The van der Waals surface area contributed by atoms with Crippen LogP contribution in [-0.2, 0) is 0 Å². The summed E-state index contributed by atoms with van der Waals surface area (Å²) >= 11 is 0. The minimum atomic E-state index is 0.457. The molecule has 0 amide bonds. The van der Waals surface area contributed by atoms with E-state index in [1.807, 2.05) is 49.4 Å². The number of hydrogen-bond donors (Lipinski definition) is 1. The van der Waals surface area contributed by atoms with Crippen molar-refractivity contribution in [3.63, 3.8) is 0 Å². The van der Waals surface area contributed by atoms with Crippen molar-refractivity contribution < 1.29 is 9.94 Å². The van der Waals surface area contributed by atoms with Crippen molar-refractivity contribution in [1.29, 1.82) is 0 Å². The molecule has 1 N–H and O–H groups in total. The summed E-state index contributed by atoms with van der Waals surface area (Å²) in [6.45, 7) is 8.10. The second-order valence-electron chi connectivity index (χ2n) is 8.19. The van der Waals surface area contributed by atoms with Crippen molar-refractivity contribution in [2.75, 3.05) is 13.1 Å². The number of ether oxygens (including phenoxy) is 1. The van der Waals surface area contributed by atoms with Gasteiger partial charge in [-0.3, -0.25) is 0 Å². The number of amidine groups is 1. The molecular weight excluding hydrogens is 362 g/mol. The Kier molecular flexibility index (Phi) is 5.38. The molecule has 5 nitrogen and oxygen atoms in total. The molecule has 1 fully saturated rings. The summed E-state index contributed by atoms with van der Waals surface area (Å²) in [4.78, 5) is 6.75. The molecule has 0 bridgehead atoms. The number of benzene rings is 2. The molecule has 1 saturated heterocycles. The van der Waals surface area contributed by atoms with Gasteiger partial charge in [-0.25, -0.2) is 4.98 Å². The van der Waals surface area contributed by atoms with Gasteiger partial charge in [0.25, 0.3) is 0 Å². The number of fused-ring (bicyclic) bond motifs is 1.